The number of benzene rings is 1. The lowest BCUT2D eigenvalue weighted by atomic mass is 10.1. The van der Waals surface area contributed by atoms with E-state index in [1.54, 1.807) is 6.92 Å². The molecule has 0 saturated heterocycles. The molecule has 1 N–H and O–H groups in total. The molecular formula is C14H19N3O2S. The minimum absolute atomic E-state index is 0.243. The molecule has 1 aromatic heterocycles. The molecule has 108 valence electrons. The van der Waals surface area contributed by atoms with E-state index < -0.39 is 10.0 Å². The van der Waals surface area contributed by atoms with Crippen LogP contribution < -0.4 is 0 Å². The molecule has 0 fully saturated rings. The minimum atomic E-state index is -3.51. The van der Waals surface area contributed by atoms with Crippen molar-refractivity contribution in [2.45, 2.75) is 32.2 Å². The zero-order valence-corrected chi connectivity index (χ0v) is 12.7. The van der Waals surface area contributed by atoms with E-state index in [9.17, 15) is 8.42 Å². The van der Waals surface area contributed by atoms with E-state index in [-0.39, 0.29) is 4.90 Å². The molecule has 0 aliphatic heterocycles. The Morgan fingerprint density at radius 2 is 2.05 bits per heavy atom. The molecule has 0 amide bonds. The second-order valence-corrected chi connectivity index (χ2v) is 6.69. The number of rotatable bonds is 5. The van der Waals surface area contributed by atoms with Gasteiger partial charge in [0.15, 0.2) is 0 Å². The SMILES string of the molecule is CCN(Cc1cccc(C)c1)S(=O)(=O)c1cn[nH]c1C. The van der Waals surface area contributed by atoms with E-state index in [0.717, 1.165) is 11.1 Å². The number of nitrogens with zero attached hydrogens (tertiary/aromatic N) is 2. The van der Waals surface area contributed by atoms with Crippen molar-refractivity contribution < 1.29 is 8.42 Å². The van der Waals surface area contributed by atoms with Gasteiger partial charge in [-0.2, -0.15) is 9.40 Å². The van der Waals surface area contributed by atoms with Crippen LogP contribution in [0.2, 0.25) is 0 Å². The van der Waals surface area contributed by atoms with E-state index in [1.807, 2.05) is 38.1 Å². The highest BCUT2D eigenvalue weighted by atomic mass is 32.2. The Kier molecular flexibility index (Phi) is 4.25. The summed E-state index contributed by atoms with van der Waals surface area (Å²) in [7, 11) is -3.51. The van der Waals surface area contributed by atoms with Crippen molar-refractivity contribution in [3.8, 4) is 0 Å². The highest BCUT2D eigenvalue weighted by Crippen LogP contribution is 2.20. The number of hydrogen-bond acceptors (Lipinski definition) is 3. The third-order valence-electron chi connectivity index (χ3n) is 3.20. The van der Waals surface area contributed by atoms with Crippen molar-refractivity contribution in [3.63, 3.8) is 0 Å². The van der Waals surface area contributed by atoms with Gasteiger partial charge >= 0.3 is 0 Å². The van der Waals surface area contributed by atoms with Crippen molar-refractivity contribution in [1.29, 1.82) is 0 Å². The van der Waals surface area contributed by atoms with Crippen molar-refractivity contribution in [2.75, 3.05) is 6.54 Å². The Hall–Kier alpha value is -1.66. The minimum Gasteiger partial charge on any atom is -0.281 e. The van der Waals surface area contributed by atoms with Crippen LogP contribution >= 0.6 is 0 Å². The van der Waals surface area contributed by atoms with Crippen molar-refractivity contribution in [1.82, 2.24) is 14.5 Å². The molecule has 20 heavy (non-hydrogen) atoms. The summed E-state index contributed by atoms with van der Waals surface area (Å²) >= 11 is 0. The van der Waals surface area contributed by atoms with Crippen LogP contribution in [0.4, 0.5) is 0 Å². The Morgan fingerprint density at radius 3 is 2.60 bits per heavy atom. The van der Waals surface area contributed by atoms with Crippen LogP contribution in [0.3, 0.4) is 0 Å². The number of nitrogens with one attached hydrogen (secondary N) is 1. The molecule has 0 bridgehead atoms. The summed E-state index contributed by atoms with van der Waals surface area (Å²) in [6.07, 6.45) is 1.36. The maximum Gasteiger partial charge on any atom is 0.246 e. The van der Waals surface area contributed by atoms with Crippen LogP contribution in [-0.2, 0) is 16.6 Å². The topological polar surface area (TPSA) is 66.1 Å². The molecule has 1 aromatic carbocycles. The quantitative estimate of drug-likeness (QED) is 0.919. The number of hydrogen-bond donors (Lipinski definition) is 1. The smallest absolute Gasteiger partial charge is 0.246 e. The molecule has 0 saturated carbocycles. The first-order valence-electron chi connectivity index (χ1n) is 6.50. The van der Waals surface area contributed by atoms with Crippen molar-refractivity contribution in [3.05, 3.63) is 47.3 Å². The van der Waals surface area contributed by atoms with Crippen molar-refractivity contribution >= 4 is 10.0 Å². The van der Waals surface area contributed by atoms with Gasteiger partial charge < -0.3 is 0 Å². The van der Waals surface area contributed by atoms with Gasteiger partial charge in [-0.3, -0.25) is 5.10 Å². The Balaban J connectivity index is 2.31. The van der Waals surface area contributed by atoms with E-state index in [1.165, 1.54) is 10.5 Å². The monoisotopic (exact) mass is 293 g/mol. The number of sulfonamides is 1. The van der Waals surface area contributed by atoms with Gasteiger partial charge in [0.2, 0.25) is 10.0 Å². The van der Waals surface area contributed by atoms with Gasteiger partial charge in [0.25, 0.3) is 0 Å². The third kappa shape index (κ3) is 2.91. The molecular weight excluding hydrogens is 274 g/mol. The van der Waals surface area contributed by atoms with E-state index in [2.05, 4.69) is 10.2 Å². The normalized spacial score (nSPS) is 12.0. The van der Waals surface area contributed by atoms with Crippen LogP contribution in [0.25, 0.3) is 0 Å². The fourth-order valence-electron chi connectivity index (χ4n) is 2.12. The Morgan fingerprint density at radius 1 is 1.30 bits per heavy atom. The third-order valence-corrected chi connectivity index (χ3v) is 5.23. The Bertz CT molecular complexity index is 692. The summed E-state index contributed by atoms with van der Waals surface area (Å²) in [5.41, 5.74) is 2.67. The molecule has 0 radical (unpaired) electrons. The second-order valence-electron chi connectivity index (χ2n) is 4.78. The van der Waals surface area contributed by atoms with Crippen LogP contribution in [0.15, 0.2) is 35.4 Å². The molecule has 0 aliphatic rings. The predicted molar refractivity (Wildman–Crippen MR) is 77.8 cm³/mol. The molecule has 0 atom stereocenters. The fraction of sp³-hybridized carbons (Fsp3) is 0.357. The van der Waals surface area contributed by atoms with Crippen LogP contribution in [0.5, 0.6) is 0 Å². The van der Waals surface area contributed by atoms with E-state index in [0.29, 0.717) is 18.8 Å². The zero-order chi connectivity index (χ0) is 14.8. The van der Waals surface area contributed by atoms with Crippen molar-refractivity contribution in [2.24, 2.45) is 0 Å². The first-order valence-corrected chi connectivity index (χ1v) is 7.95. The zero-order valence-electron chi connectivity index (χ0n) is 11.9. The Labute approximate surface area is 119 Å². The first kappa shape index (κ1) is 14.7. The molecule has 2 aromatic rings. The average Bonchev–Trinajstić information content (AvgIpc) is 2.83. The van der Waals surface area contributed by atoms with Gasteiger partial charge in [0.05, 0.1) is 11.9 Å². The van der Waals surface area contributed by atoms with E-state index in [4.69, 9.17) is 0 Å². The van der Waals surface area contributed by atoms with Gasteiger partial charge in [-0.05, 0) is 19.4 Å². The number of aromatic nitrogens is 2. The van der Waals surface area contributed by atoms with Gasteiger partial charge in [0, 0.05) is 13.1 Å². The summed E-state index contributed by atoms with van der Waals surface area (Å²) in [6.45, 7) is 6.32. The summed E-state index contributed by atoms with van der Waals surface area (Å²) < 4.78 is 26.7. The molecule has 6 heteroatoms. The standard InChI is InChI=1S/C14H19N3O2S/c1-4-17(10-13-7-5-6-11(2)8-13)20(18,19)14-9-15-16-12(14)3/h5-9H,4,10H2,1-3H3,(H,15,16). The first-order chi connectivity index (χ1) is 9.45. The maximum absolute atomic E-state index is 12.6. The predicted octanol–water partition coefficient (Wildman–Crippen LogP) is 2.24. The summed E-state index contributed by atoms with van der Waals surface area (Å²) in [6, 6.07) is 7.87. The van der Waals surface area contributed by atoms with Crippen LogP contribution in [-0.4, -0.2) is 29.5 Å². The fourth-order valence-corrected chi connectivity index (χ4v) is 3.68. The molecule has 2 rings (SSSR count). The summed E-state index contributed by atoms with van der Waals surface area (Å²) in [5.74, 6) is 0. The molecule has 0 spiro atoms. The number of aromatic amines is 1. The van der Waals surface area contributed by atoms with Crippen LogP contribution in [0.1, 0.15) is 23.7 Å². The highest BCUT2D eigenvalue weighted by Gasteiger charge is 2.26. The molecule has 1 heterocycles. The van der Waals surface area contributed by atoms with Gasteiger partial charge in [-0.1, -0.05) is 36.8 Å². The largest absolute Gasteiger partial charge is 0.281 e. The summed E-state index contributed by atoms with van der Waals surface area (Å²) in [4.78, 5) is 0.243. The highest BCUT2D eigenvalue weighted by molar-refractivity contribution is 7.89. The van der Waals surface area contributed by atoms with Gasteiger partial charge in [0.1, 0.15) is 4.90 Å². The lowest BCUT2D eigenvalue weighted by molar-refractivity contribution is 0.423. The second kappa shape index (κ2) is 5.76. The van der Waals surface area contributed by atoms with Crippen LogP contribution in [0, 0.1) is 13.8 Å². The maximum atomic E-state index is 12.6. The average molecular weight is 293 g/mol. The number of H-pyrrole nitrogens is 1. The number of aryl methyl sites for hydroxylation is 2. The van der Waals surface area contributed by atoms with E-state index >= 15 is 0 Å². The lowest BCUT2D eigenvalue weighted by Gasteiger charge is -2.20. The lowest BCUT2D eigenvalue weighted by Crippen LogP contribution is -2.30. The molecule has 0 unspecified atom stereocenters. The summed E-state index contributed by atoms with van der Waals surface area (Å²) in [5, 5.41) is 6.47. The molecule has 0 aliphatic carbocycles. The van der Waals surface area contributed by atoms with Gasteiger partial charge in [-0.25, -0.2) is 8.42 Å². The molecule has 5 nitrogen and oxygen atoms in total. The van der Waals surface area contributed by atoms with Gasteiger partial charge in [-0.15, -0.1) is 0 Å².